The number of aliphatic hydroxyl groups excluding tert-OH is 1. The smallest absolute Gasteiger partial charge is 0.289 e. The average molecular weight is 195 g/mol. The molecule has 76 valence electrons. The maximum atomic E-state index is 11.8. The summed E-state index contributed by atoms with van der Waals surface area (Å²) in [4.78, 5) is 13.4. The fourth-order valence-corrected chi connectivity index (χ4v) is 1.66. The molecule has 1 fully saturated rings. The number of β-amino-alcohol motifs (C(OH)–C–C–N with tert-alkyl or cyclic N) is 1. The van der Waals surface area contributed by atoms with Gasteiger partial charge in [0.05, 0.1) is 12.4 Å². The second-order valence-corrected chi connectivity index (χ2v) is 3.63. The molecule has 0 radical (unpaired) electrons. The number of hydrogen-bond acceptors (Lipinski definition) is 3. The summed E-state index contributed by atoms with van der Waals surface area (Å²) in [5.74, 6) is 0.267. The van der Waals surface area contributed by atoms with Crippen molar-refractivity contribution >= 4 is 5.91 Å². The number of hydrogen-bond donors (Lipinski definition) is 1. The van der Waals surface area contributed by atoms with Gasteiger partial charge in [-0.15, -0.1) is 0 Å². The van der Waals surface area contributed by atoms with Crippen molar-refractivity contribution in [3.8, 4) is 0 Å². The van der Waals surface area contributed by atoms with Gasteiger partial charge in [-0.2, -0.15) is 0 Å². The van der Waals surface area contributed by atoms with E-state index in [2.05, 4.69) is 0 Å². The van der Waals surface area contributed by atoms with Crippen LogP contribution in [0.25, 0.3) is 0 Å². The summed E-state index contributed by atoms with van der Waals surface area (Å²) in [6.07, 6.45) is 1.79. The molecule has 1 aromatic rings. The number of aliphatic hydroxyl groups is 1. The minimum atomic E-state index is -0.380. The van der Waals surface area contributed by atoms with Crippen molar-refractivity contribution in [1.82, 2.24) is 4.90 Å². The predicted octanol–water partition coefficient (Wildman–Crippen LogP) is 0.795. The summed E-state index contributed by atoms with van der Waals surface area (Å²) in [5.41, 5.74) is 0.844. The van der Waals surface area contributed by atoms with Gasteiger partial charge in [0.15, 0.2) is 5.76 Å². The Morgan fingerprint density at radius 2 is 2.50 bits per heavy atom. The van der Waals surface area contributed by atoms with Crippen LogP contribution in [0.5, 0.6) is 0 Å². The molecule has 0 saturated carbocycles. The number of rotatable bonds is 1. The summed E-state index contributed by atoms with van der Waals surface area (Å²) in [6, 6.07) is 1.76. The van der Waals surface area contributed by atoms with Crippen molar-refractivity contribution in [2.75, 3.05) is 13.1 Å². The van der Waals surface area contributed by atoms with E-state index in [0.717, 1.165) is 5.56 Å². The second-order valence-electron chi connectivity index (χ2n) is 3.63. The lowest BCUT2D eigenvalue weighted by molar-refractivity contribution is 0.0733. The number of carbonyl (C=O) groups excluding carboxylic acids is 1. The summed E-state index contributed by atoms with van der Waals surface area (Å²) in [7, 11) is 0. The normalized spacial score (nSPS) is 21.6. The molecule has 0 aromatic carbocycles. The highest BCUT2D eigenvalue weighted by atomic mass is 16.3. The number of furan rings is 1. The molecule has 0 bridgehead atoms. The van der Waals surface area contributed by atoms with Crippen LogP contribution in [0.1, 0.15) is 22.5 Å². The molecule has 1 aliphatic rings. The third-order valence-electron chi connectivity index (χ3n) is 2.51. The van der Waals surface area contributed by atoms with Crippen LogP contribution in [0.4, 0.5) is 0 Å². The van der Waals surface area contributed by atoms with E-state index in [0.29, 0.717) is 25.3 Å². The summed E-state index contributed by atoms with van der Waals surface area (Å²) < 4.78 is 5.10. The number of nitrogens with zero attached hydrogens (tertiary/aromatic N) is 1. The summed E-state index contributed by atoms with van der Waals surface area (Å²) in [5, 5.41) is 9.29. The van der Waals surface area contributed by atoms with Gasteiger partial charge in [0, 0.05) is 18.7 Å². The second kappa shape index (κ2) is 3.46. The highest BCUT2D eigenvalue weighted by molar-refractivity contribution is 5.93. The molecular formula is C10H13NO3. The first-order valence-electron chi connectivity index (χ1n) is 4.70. The molecular weight excluding hydrogens is 182 g/mol. The highest BCUT2D eigenvalue weighted by Crippen LogP contribution is 2.16. The molecule has 4 heteroatoms. The molecule has 2 heterocycles. The SMILES string of the molecule is Cc1ccoc1C(=O)N1CCC(O)C1. The number of carbonyl (C=O) groups is 1. The Bertz CT molecular complexity index is 345. The molecule has 4 nitrogen and oxygen atoms in total. The van der Waals surface area contributed by atoms with Crippen molar-refractivity contribution in [3.63, 3.8) is 0 Å². The zero-order chi connectivity index (χ0) is 10.1. The minimum Gasteiger partial charge on any atom is -0.459 e. The standard InChI is InChI=1S/C10H13NO3/c1-7-3-5-14-9(7)10(13)11-4-2-8(12)6-11/h3,5,8,12H,2,4,6H2,1H3. The van der Waals surface area contributed by atoms with Gasteiger partial charge in [0.1, 0.15) is 0 Å². The number of aryl methyl sites for hydroxylation is 1. The van der Waals surface area contributed by atoms with E-state index in [1.807, 2.05) is 6.92 Å². The summed E-state index contributed by atoms with van der Waals surface area (Å²) in [6.45, 7) is 2.86. The number of amides is 1. The van der Waals surface area contributed by atoms with Crippen LogP contribution in [0, 0.1) is 6.92 Å². The molecule has 0 spiro atoms. The topological polar surface area (TPSA) is 53.7 Å². The van der Waals surface area contributed by atoms with E-state index in [1.54, 1.807) is 11.0 Å². The first kappa shape index (κ1) is 9.27. The highest BCUT2D eigenvalue weighted by Gasteiger charge is 2.27. The van der Waals surface area contributed by atoms with Crippen molar-refractivity contribution in [2.45, 2.75) is 19.4 Å². The van der Waals surface area contributed by atoms with E-state index in [9.17, 15) is 9.90 Å². The fraction of sp³-hybridized carbons (Fsp3) is 0.500. The Balaban J connectivity index is 2.13. The lowest BCUT2D eigenvalue weighted by atomic mass is 10.2. The molecule has 1 atom stereocenters. The van der Waals surface area contributed by atoms with Crippen LogP contribution in [-0.2, 0) is 0 Å². The molecule has 0 aliphatic carbocycles. The van der Waals surface area contributed by atoms with Gasteiger partial charge in [0.25, 0.3) is 5.91 Å². The van der Waals surface area contributed by atoms with Gasteiger partial charge in [-0.25, -0.2) is 0 Å². The molecule has 1 N–H and O–H groups in total. The van der Waals surface area contributed by atoms with Crippen LogP contribution in [0.3, 0.4) is 0 Å². The quantitative estimate of drug-likeness (QED) is 0.721. The van der Waals surface area contributed by atoms with Gasteiger partial charge >= 0.3 is 0 Å². The van der Waals surface area contributed by atoms with E-state index < -0.39 is 0 Å². The molecule has 1 amide bonds. The van der Waals surface area contributed by atoms with E-state index in [4.69, 9.17) is 4.42 Å². The van der Waals surface area contributed by atoms with E-state index >= 15 is 0 Å². The average Bonchev–Trinajstić information content (AvgIpc) is 2.73. The zero-order valence-corrected chi connectivity index (χ0v) is 8.06. The lowest BCUT2D eigenvalue weighted by Crippen LogP contribution is -2.29. The van der Waals surface area contributed by atoms with Crippen LogP contribution in [0.15, 0.2) is 16.7 Å². The molecule has 1 aromatic heterocycles. The Kier molecular flexibility index (Phi) is 2.29. The zero-order valence-electron chi connectivity index (χ0n) is 8.06. The molecule has 14 heavy (non-hydrogen) atoms. The van der Waals surface area contributed by atoms with Gasteiger partial charge in [0.2, 0.25) is 0 Å². The maximum absolute atomic E-state index is 11.8. The van der Waals surface area contributed by atoms with Gasteiger partial charge in [-0.3, -0.25) is 4.79 Å². The van der Waals surface area contributed by atoms with Crippen molar-refractivity contribution < 1.29 is 14.3 Å². The first-order chi connectivity index (χ1) is 6.68. The lowest BCUT2D eigenvalue weighted by Gasteiger charge is -2.13. The Labute approximate surface area is 82.1 Å². The van der Waals surface area contributed by atoms with Crippen molar-refractivity contribution in [3.05, 3.63) is 23.7 Å². The van der Waals surface area contributed by atoms with Crippen LogP contribution in [-0.4, -0.2) is 35.1 Å². The third-order valence-corrected chi connectivity index (χ3v) is 2.51. The van der Waals surface area contributed by atoms with Crippen molar-refractivity contribution in [1.29, 1.82) is 0 Å². The summed E-state index contributed by atoms with van der Waals surface area (Å²) >= 11 is 0. The predicted molar refractivity (Wildman–Crippen MR) is 50.0 cm³/mol. The van der Waals surface area contributed by atoms with Crippen LogP contribution >= 0.6 is 0 Å². The van der Waals surface area contributed by atoms with Gasteiger partial charge in [-0.05, 0) is 19.4 Å². The van der Waals surface area contributed by atoms with E-state index in [-0.39, 0.29) is 12.0 Å². The third kappa shape index (κ3) is 1.53. The number of likely N-dealkylation sites (tertiary alicyclic amines) is 1. The largest absolute Gasteiger partial charge is 0.459 e. The van der Waals surface area contributed by atoms with Crippen molar-refractivity contribution in [2.24, 2.45) is 0 Å². The minimum absolute atomic E-state index is 0.121. The van der Waals surface area contributed by atoms with Crippen LogP contribution in [0.2, 0.25) is 0 Å². The molecule has 2 rings (SSSR count). The Morgan fingerprint density at radius 3 is 3.00 bits per heavy atom. The monoisotopic (exact) mass is 195 g/mol. The fourth-order valence-electron chi connectivity index (χ4n) is 1.66. The molecule has 1 unspecified atom stereocenters. The first-order valence-corrected chi connectivity index (χ1v) is 4.70. The van der Waals surface area contributed by atoms with E-state index in [1.165, 1.54) is 6.26 Å². The maximum Gasteiger partial charge on any atom is 0.289 e. The van der Waals surface area contributed by atoms with Gasteiger partial charge < -0.3 is 14.4 Å². The Morgan fingerprint density at radius 1 is 1.71 bits per heavy atom. The van der Waals surface area contributed by atoms with Crippen LogP contribution < -0.4 is 0 Å². The molecule has 1 saturated heterocycles. The Hall–Kier alpha value is -1.29. The van der Waals surface area contributed by atoms with Gasteiger partial charge in [-0.1, -0.05) is 0 Å². The molecule has 1 aliphatic heterocycles.